The Balaban J connectivity index is 0.000000175. The summed E-state index contributed by atoms with van der Waals surface area (Å²) in [6, 6.07) is 17.8. The number of aromatic nitrogens is 6. The third kappa shape index (κ3) is 8.76. The van der Waals surface area contributed by atoms with Gasteiger partial charge in [-0.05, 0) is 102 Å². The molecule has 6 aromatic rings. The van der Waals surface area contributed by atoms with Crippen LogP contribution in [0.25, 0.3) is 17.1 Å². The van der Waals surface area contributed by atoms with Crippen LogP contribution in [0.2, 0.25) is 5.02 Å². The van der Waals surface area contributed by atoms with Crippen LogP contribution in [-0.4, -0.2) is 60.7 Å². The summed E-state index contributed by atoms with van der Waals surface area (Å²) < 4.78 is 4.94. The predicted octanol–water partition coefficient (Wildman–Crippen LogP) is 7.47. The van der Waals surface area contributed by atoms with Crippen molar-refractivity contribution < 1.29 is 30.1 Å². The summed E-state index contributed by atoms with van der Waals surface area (Å²) in [6.45, 7) is 13.4. The second-order valence-electron chi connectivity index (χ2n) is 12.1. The fraction of sp³-hybridized carbons (Fsp3) is 0.243. The number of carbonyl (C=O) groups is 1. The van der Waals surface area contributed by atoms with E-state index in [2.05, 4.69) is 15.3 Å². The van der Waals surface area contributed by atoms with Crippen molar-refractivity contribution in [3.63, 3.8) is 0 Å². The van der Waals surface area contributed by atoms with Gasteiger partial charge in [-0.1, -0.05) is 23.7 Å². The topological polar surface area (TPSA) is 195 Å². The third-order valence-electron chi connectivity index (χ3n) is 8.37. The second kappa shape index (κ2) is 16.2. The molecular formula is C37H40ClN7O7. The first-order valence-corrected chi connectivity index (χ1v) is 16.5. The Morgan fingerprint density at radius 2 is 1.31 bits per heavy atom. The lowest BCUT2D eigenvalue weighted by Crippen LogP contribution is -2.01. The highest BCUT2D eigenvalue weighted by Gasteiger charge is 2.16. The van der Waals surface area contributed by atoms with E-state index in [1.165, 1.54) is 18.2 Å². The highest BCUT2D eigenvalue weighted by molar-refractivity contribution is 6.30. The Bertz CT molecular complexity index is 2260. The number of phenolic OH excluding ortho intramolecular Hbond substituents is 3. The monoisotopic (exact) mass is 729 g/mol. The van der Waals surface area contributed by atoms with Gasteiger partial charge < -0.3 is 20.4 Å². The fourth-order valence-electron chi connectivity index (χ4n) is 5.45. The zero-order valence-electron chi connectivity index (χ0n) is 29.8. The standard InChI is InChI=1S/C14H16N2O3.C12H13ClN2O.C11H11N3O3/c1-9-11(7-8-14(18)19)10(2)16(15-9)12-5-3-4-6-13(12)17;1-7-8(2)14-15(9(7)3)11-5-4-10(13)6-12(11)16;1-7-5-8(2)13(12-7)10-4-3-9(14(16)17)6-11(10)15/h3-6,17H,7-8H2,1-2H3,(H,18,19);4-6,16H,1-3H3;3-6,15H,1-2H3. The molecule has 0 aliphatic carbocycles. The third-order valence-corrected chi connectivity index (χ3v) is 8.60. The summed E-state index contributed by atoms with van der Waals surface area (Å²) in [5.41, 5.74) is 8.91. The van der Waals surface area contributed by atoms with Gasteiger partial charge in [0.2, 0.25) is 0 Å². The first kappa shape index (κ1) is 38.6. The predicted molar refractivity (Wildman–Crippen MR) is 196 cm³/mol. The Morgan fingerprint density at radius 3 is 1.85 bits per heavy atom. The van der Waals surface area contributed by atoms with Crippen LogP contribution in [0.1, 0.15) is 51.7 Å². The number of non-ortho nitro benzene ring substituents is 1. The van der Waals surface area contributed by atoms with E-state index < -0.39 is 10.9 Å². The number of benzene rings is 3. The first-order chi connectivity index (χ1) is 24.5. The van der Waals surface area contributed by atoms with E-state index in [4.69, 9.17) is 16.7 Å². The number of rotatable bonds is 7. The Morgan fingerprint density at radius 1 is 0.731 bits per heavy atom. The van der Waals surface area contributed by atoms with Gasteiger partial charge in [-0.3, -0.25) is 14.9 Å². The maximum absolute atomic E-state index is 10.7. The zero-order valence-corrected chi connectivity index (χ0v) is 30.5. The van der Waals surface area contributed by atoms with Crippen molar-refractivity contribution in [2.45, 2.75) is 61.3 Å². The van der Waals surface area contributed by atoms with Crippen LogP contribution in [0.3, 0.4) is 0 Å². The number of aliphatic carboxylic acids is 1. The maximum Gasteiger partial charge on any atom is 0.303 e. The fourth-order valence-corrected chi connectivity index (χ4v) is 5.62. The van der Waals surface area contributed by atoms with Gasteiger partial charge in [0.1, 0.15) is 34.3 Å². The van der Waals surface area contributed by atoms with E-state index in [1.807, 2.05) is 60.6 Å². The molecule has 6 rings (SSSR count). The van der Waals surface area contributed by atoms with Crippen molar-refractivity contribution in [3.05, 3.63) is 127 Å². The normalized spacial score (nSPS) is 10.6. The molecule has 52 heavy (non-hydrogen) atoms. The SMILES string of the molecule is Cc1cc(C)n(-c2ccc([N+](=O)[O-])cc2O)n1.Cc1nn(-c2ccc(Cl)cc2O)c(C)c1C.Cc1nn(-c2ccccc2O)c(C)c1CCC(=O)O. The highest BCUT2D eigenvalue weighted by Crippen LogP contribution is 2.29. The van der Waals surface area contributed by atoms with Gasteiger partial charge in [0, 0.05) is 40.7 Å². The Kier molecular flexibility index (Phi) is 12.1. The molecule has 0 atom stereocenters. The van der Waals surface area contributed by atoms with Gasteiger partial charge in [-0.2, -0.15) is 15.3 Å². The minimum Gasteiger partial charge on any atom is -0.506 e. The van der Waals surface area contributed by atoms with Gasteiger partial charge in [-0.25, -0.2) is 14.0 Å². The molecule has 0 bridgehead atoms. The molecule has 0 aliphatic rings. The number of para-hydroxylation sites is 2. The number of carboxylic acids is 1. The number of nitrogens with zero attached hydrogens (tertiary/aromatic N) is 7. The number of halogens is 1. The molecule has 3 aromatic carbocycles. The summed E-state index contributed by atoms with van der Waals surface area (Å²) >= 11 is 5.79. The molecule has 0 radical (unpaired) electrons. The van der Waals surface area contributed by atoms with E-state index in [-0.39, 0.29) is 29.4 Å². The minimum absolute atomic E-state index is 0.0775. The number of phenols is 3. The number of nitro benzene ring substituents is 1. The van der Waals surface area contributed by atoms with Crippen molar-refractivity contribution in [1.29, 1.82) is 0 Å². The van der Waals surface area contributed by atoms with Crippen LogP contribution in [0.5, 0.6) is 17.2 Å². The lowest BCUT2D eigenvalue weighted by molar-refractivity contribution is -0.384. The molecule has 0 spiro atoms. The van der Waals surface area contributed by atoms with Gasteiger partial charge in [-0.15, -0.1) is 0 Å². The lowest BCUT2D eigenvalue weighted by atomic mass is 10.1. The van der Waals surface area contributed by atoms with Gasteiger partial charge >= 0.3 is 5.97 Å². The van der Waals surface area contributed by atoms with Gasteiger partial charge in [0.05, 0.1) is 28.1 Å². The van der Waals surface area contributed by atoms with Crippen LogP contribution >= 0.6 is 11.6 Å². The number of aromatic hydroxyl groups is 3. The number of carboxylic acid groups (broad SMARTS) is 1. The molecule has 0 saturated carbocycles. The van der Waals surface area contributed by atoms with Crippen molar-refractivity contribution in [2.75, 3.05) is 0 Å². The molecule has 0 aliphatic heterocycles. The Labute approximate surface area is 304 Å². The first-order valence-electron chi connectivity index (χ1n) is 16.1. The summed E-state index contributed by atoms with van der Waals surface area (Å²) in [5.74, 6) is -0.699. The number of nitro groups is 1. The van der Waals surface area contributed by atoms with Crippen LogP contribution in [0, 0.1) is 58.6 Å². The van der Waals surface area contributed by atoms with Crippen LogP contribution in [-0.2, 0) is 11.2 Å². The zero-order chi connectivity index (χ0) is 38.4. The van der Waals surface area contributed by atoms with Crippen LogP contribution < -0.4 is 0 Å². The molecule has 15 heteroatoms. The molecule has 4 N–H and O–H groups in total. The Hall–Kier alpha value is -6.15. The molecular weight excluding hydrogens is 690 g/mol. The molecule has 3 aromatic heterocycles. The van der Waals surface area contributed by atoms with Crippen LogP contribution in [0.15, 0.2) is 66.7 Å². The minimum atomic E-state index is -0.825. The summed E-state index contributed by atoms with van der Waals surface area (Å²) in [4.78, 5) is 20.7. The van der Waals surface area contributed by atoms with Gasteiger partial charge in [0.15, 0.2) is 0 Å². The largest absolute Gasteiger partial charge is 0.506 e. The highest BCUT2D eigenvalue weighted by atomic mass is 35.5. The van der Waals surface area contributed by atoms with Crippen molar-refractivity contribution in [3.8, 4) is 34.3 Å². The average Bonchev–Trinajstić information content (AvgIpc) is 3.66. The van der Waals surface area contributed by atoms with E-state index in [0.29, 0.717) is 28.5 Å². The molecule has 272 valence electrons. The summed E-state index contributed by atoms with van der Waals surface area (Å²) in [6.07, 6.45) is 0.523. The van der Waals surface area contributed by atoms with E-state index in [1.54, 1.807) is 44.4 Å². The summed E-state index contributed by atoms with van der Waals surface area (Å²) in [7, 11) is 0. The number of hydrogen-bond donors (Lipinski definition) is 4. The molecule has 0 saturated heterocycles. The quantitative estimate of drug-likeness (QED) is 0.0945. The smallest absolute Gasteiger partial charge is 0.303 e. The van der Waals surface area contributed by atoms with Crippen LogP contribution in [0.4, 0.5) is 5.69 Å². The van der Waals surface area contributed by atoms with Gasteiger partial charge in [0.25, 0.3) is 5.69 Å². The van der Waals surface area contributed by atoms with Crippen molar-refractivity contribution in [2.24, 2.45) is 0 Å². The lowest BCUT2D eigenvalue weighted by Gasteiger charge is -2.07. The van der Waals surface area contributed by atoms with E-state index >= 15 is 0 Å². The average molecular weight is 730 g/mol. The van der Waals surface area contributed by atoms with Crippen molar-refractivity contribution >= 4 is 23.3 Å². The van der Waals surface area contributed by atoms with E-state index in [0.717, 1.165) is 51.4 Å². The molecule has 3 heterocycles. The molecule has 0 unspecified atom stereocenters. The summed E-state index contributed by atoms with van der Waals surface area (Å²) in [5, 5.41) is 62.2. The molecule has 0 amide bonds. The second-order valence-corrected chi connectivity index (χ2v) is 12.5. The molecule has 14 nitrogen and oxygen atoms in total. The molecule has 0 fully saturated rings. The van der Waals surface area contributed by atoms with Crippen molar-refractivity contribution in [1.82, 2.24) is 29.3 Å². The number of hydrogen-bond acceptors (Lipinski definition) is 9. The van der Waals surface area contributed by atoms with E-state index in [9.17, 15) is 30.2 Å². The maximum atomic E-state index is 10.7. The number of aryl methyl sites for hydroxylation is 4.